The maximum absolute atomic E-state index is 12.5. The average molecular weight is 479 g/mol. The van der Waals surface area contributed by atoms with Crippen LogP contribution in [-0.2, 0) is 23.1 Å². The van der Waals surface area contributed by atoms with Crippen LogP contribution in [0.15, 0.2) is 29.4 Å². The van der Waals surface area contributed by atoms with Crippen molar-refractivity contribution in [3.05, 3.63) is 45.7 Å². The van der Waals surface area contributed by atoms with Crippen LogP contribution in [0.3, 0.4) is 0 Å². The molecule has 31 heavy (non-hydrogen) atoms. The Morgan fingerprint density at radius 3 is 2.65 bits per heavy atom. The number of hydrogen-bond acceptors (Lipinski definition) is 7. The number of carbonyl (C=O) groups is 2. The molecular weight excluding hydrogens is 456 g/mol. The number of thiazole rings is 1. The number of aryl methyl sites for hydroxylation is 3. The van der Waals surface area contributed by atoms with Gasteiger partial charge in [-0.3, -0.25) is 9.59 Å². The molecule has 0 aliphatic rings. The molecular formula is C20H23ClN6O2S2. The third kappa shape index (κ3) is 6.05. The zero-order valence-corrected chi connectivity index (χ0v) is 20.0. The van der Waals surface area contributed by atoms with Gasteiger partial charge in [0.2, 0.25) is 11.8 Å². The molecule has 2 heterocycles. The monoisotopic (exact) mass is 478 g/mol. The molecule has 0 saturated heterocycles. The fraction of sp³-hybridized carbons (Fsp3) is 0.350. The Balaban J connectivity index is 1.53. The summed E-state index contributed by atoms with van der Waals surface area (Å²) in [6, 6.07) is 7.08. The van der Waals surface area contributed by atoms with Crippen LogP contribution in [0.25, 0.3) is 0 Å². The molecule has 2 aromatic heterocycles. The Morgan fingerprint density at radius 1 is 1.23 bits per heavy atom. The van der Waals surface area contributed by atoms with Crippen molar-refractivity contribution in [2.75, 3.05) is 10.6 Å². The minimum atomic E-state index is -0.385. The number of nitrogens with one attached hydrogen (secondary N) is 2. The van der Waals surface area contributed by atoms with E-state index in [2.05, 4.69) is 25.8 Å². The van der Waals surface area contributed by atoms with Crippen LogP contribution >= 0.6 is 34.7 Å². The first-order valence-electron chi connectivity index (χ1n) is 9.58. The van der Waals surface area contributed by atoms with E-state index >= 15 is 0 Å². The Bertz CT molecular complexity index is 1080. The Morgan fingerprint density at radius 2 is 1.97 bits per heavy atom. The van der Waals surface area contributed by atoms with E-state index in [4.69, 9.17) is 11.6 Å². The second-order valence-corrected chi connectivity index (χ2v) is 9.81. The molecule has 1 atom stereocenters. The standard InChI is InChI=1S/C20H23ClN6O2S2/c1-11-12(2)30-19(22-11)24-18(29)13(3)31-20-26-25-16(27(20)4)9-10-17(28)23-15-8-6-5-7-14(15)21/h5-8,13H,9-10H2,1-4H3,(H,23,28)(H,22,24,29)/t13-/m1/s1. The lowest BCUT2D eigenvalue weighted by atomic mass is 10.2. The molecule has 2 N–H and O–H groups in total. The van der Waals surface area contributed by atoms with Crippen molar-refractivity contribution in [1.82, 2.24) is 19.7 Å². The van der Waals surface area contributed by atoms with Gasteiger partial charge in [-0.2, -0.15) is 0 Å². The van der Waals surface area contributed by atoms with E-state index in [0.717, 1.165) is 10.6 Å². The highest BCUT2D eigenvalue weighted by Crippen LogP contribution is 2.26. The van der Waals surface area contributed by atoms with Gasteiger partial charge in [-0.05, 0) is 32.9 Å². The topological polar surface area (TPSA) is 102 Å². The van der Waals surface area contributed by atoms with Crippen LogP contribution in [0.4, 0.5) is 10.8 Å². The van der Waals surface area contributed by atoms with Crippen molar-refractivity contribution in [3.8, 4) is 0 Å². The lowest BCUT2D eigenvalue weighted by Crippen LogP contribution is -2.22. The Kier molecular flexibility index (Phi) is 7.69. The van der Waals surface area contributed by atoms with Gasteiger partial charge in [0.1, 0.15) is 5.82 Å². The van der Waals surface area contributed by atoms with Crippen molar-refractivity contribution in [1.29, 1.82) is 0 Å². The molecule has 0 aliphatic heterocycles. The Labute approximate surface area is 193 Å². The summed E-state index contributed by atoms with van der Waals surface area (Å²) in [5.74, 6) is 0.352. The average Bonchev–Trinajstić information content (AvgIpc) is 3.23. The highest BCUT2D eigenvalue weighted by atomic mass is 35.5. The summed E-state index contributed by atoms with van der Waals surface area (Å²) < 4.78 is 1.80. The van der Waals surface area contributed by atoms with Crippen LogP contribution in [0.5, 0.6) is 0 Å². The number of para-hydroxylation sites is 1. The quantitative estimate of drug-likeness (QED) is 0.470. The van der Waals surface area contributed by atoms with Crippen LogP contribution in [-0.4, -0.2) is 36.8 Å². The fourth-order valence-electron chi connectivity index (χ4n) is 2.61. The third-order valence-corrected chi connectivity index (χ3v) is 7.01. The summed E-state index contributed by atoms with van der Waals surface area (Å²) in [5, 5.41) is 15.3. The lowest BCUT2D eigenvalue weighted by molar-refractivity contribution is -0.116. The summed E-state index contributed by atoms with van der Waals surface area (Å²) in [7, 11) is 1.82. The summed E-state index contributed by atoms with van der Waals surface area (Å²) in [5.41, 5.74) is 1.49. The number of halogens is 1. The predicted octanol–water partition coefficient (Wildman–Crippen LogP) is 4.23. The summed E-state index contributed by atoms with van der Waals surface area (Å²) >= 11 is 8.83. The van der Waals surface area contributed by atoms with Gasteiger partial charge in [0.25, 0.3) is 0 Å². The third-order valence-electron chi connectivity index (χ3n) is 4.56. The fourth-order valence-corrected chi connectivity index (χ4v) is 4.45. The molecule has 3 aromatic rings. The van der Waals surface area contributed by atoms with E-state index in [0.29, 0.717) is 33.2 Å². The Hall–Kier alpha value is -2.43. The minimum Gasteiger partial charge on any atom is -0.325 e. The van der Waals surface area contributed by atoms with Crippen molar-refractivity contribution < 1.29 is 9.59 Å². The van der Waals surface area contributed by atoms with Crippen molar-refractivity contribution in [2.45, 2.75) is 44.0 Å². The van der Waals surface area contributed by atoms with Crippen LogP contribution in [0.2, 0.25) is 5.02 Å². The van der Waals surface area contributed by atoms with Crippen LogP contribution in [0, 0.1) is 13.8 Å². The van der Waals surface area contributed by atoms with Gasteiger partial charge in [-0.25, -0.2) is 4.98 Å². The molecule has 0 aliphatic carbocycles. The first-order valence-corrected chi connectivity index (χ1v) is 11.7. The molecule has 0 saturated carbocycles. The van der Waals surface area contributed by atoms with E-state index in [1.54, 1.807) is 29.7 Å². The SMILES string of the molecule is Cc1nc(NC(=O)[C@@H](C)Sc2nnc(CCC(=O)Nc3ccccc3Cl)n2C)sc1C. The molecule has 0 unspecified atom stereocenters. The van der Waals surface area contributed by atoms with Crippen molar-refractivity contribution in [3.63, 3.8) is 0 Å². The smallest absolute Gasteiger partial charge is 0.239 e. The van der Waals surface area contributed by atoms with Crippen molar-refractivity contribution in [2.24, 2.45) is 7.05 Å². The van der Waals surface area contributed by atoms with E-state index in [1.807, 2.05) is 27.0 Å². The maximum Gasteiger partial charge on any atom is 0.239 e. The molecule has 2 amide bonds. The van der Waals surface area contributed by atoms with Crippen molar-refractivity contribution >= 4 is 57.3 Å². The molecule has 8 nitrogen and oxygen atoms in total. The number of hydrogen-bond donors (Lipinski definition) is 2. The second kappa shape index (κ2) is 10.3. The first kappa shape index (κ1) is 23.2. The number of aromatic nitrogens is 4. The van der Waals surface area contributed by atoms with Gasteiger partial charge in [-0.1, -0.05) is 35.5 Å². The van der Waals surface area contributed by atoms with Gasteiger partial charge in [0, 0.05) is 24.8 Å². The van der Waals surface area contributed by atoms with Gasteiger partial charge in [0.15, 0.2) is 10.3 Å². The molecule has 1 aromatic carbocycles. The molecule has 0 fully saturated rings. The van der Waals surface area contributed by atoms with Gasteiger partial charge >= 0.3 is 0 Å². The second-order valence-electron chi connectivity index (χ2n) is 6.90. The molecule has 164 valence electrons. The molecule has 0 radical (unpaired) electrons. The van der Waals surface area contributed by atoms with E-state index in [-0.39, 0.29) is 23.5 Å². The van der Waals surface area contributed by atoms with E-state index in [1.165, 1.54) is 23.1 Å². The summed E-state index contributed by atoms with van der Waals surface area (Å²) in [4.78, 5) is 30.1. The number of carbonyl (C=O) groups excluding carboxylic acids is 2. The number of nitrogens with zero attached hydrogens (tertiary/aromatic N) is 4. The van der Waals surface area contributed by atoms with E-state index in [9.17, 15) is 9.59 Å². The number of rotatable bonds is 8. The number of anilines is 2. The van der Waals surface area contributed by atoms with E-state index < -0.39 is 0 Å². The normalized spacial score (nSPS) is 11.9. The number of thioether (sulfide) groups is 1. The number of amides is 2. The van der Waals surface area contributed by atoms with Gasteiger partial charge in [-0.15, -0.1) is 21.5 Å². The zero-order valence-electron chi connectivity index (χ0n) is 17.6. The minimum absolute atomic E-state index is 0.151. The van der Waals surface area contributed by atoms with Crippen LogP contribution in [0.1, 0.15) is 29.7 Å². The molecule has 0 bridgehead atoms. The molecule has 0 spiro atoms. The highest BCUT2D eigenvalue weighted by Gasteiger charge is 2.20. The zero-order chi connectivity index (χ0) is 22.5. The largest absolute Gasteiger partial charge is 0.325 e. The maximum atomic E-state index is 12.5. The van der Waals surface area contributed by atoms with Gasteiger partial charge in [0.05, 0.1) is 21.7 Å². The molecule has 3 rings (SSSR count). The summed E-state index contributed by atoms with van der Waals surface area (Å²) in [6.07, 6.45) is 0.652. The number of benzene rings is 1. The van der Waals surface area contributed by atoms with Crippen LogP contribution < -0.4 is 10.6 Å². The van der Waals surface area contributed by atoms with Gasteiger partial charge < -0.3 is 15.2 Å². The predicted molar refractivity (Wildman–Crippen MR) is 125 cm³/mol. The molecule has 11 heteroatoms. The lowest BCUT2D eigenvalue weighted by Gasteiger charge is -2.10. The first-order chi connectivity index (χ1) is 14.7. The summed E-state index contributed by atoms with van der Waals surface area (Å²) in [6.45, 7) is 5.69. The highest BCUT2D eigenvalue weighted by molar-refractivity contribution is 8.00.